The molecule has 0 amide bonds. The molecule has 0 saturated carbocycles. The van der Waals surface area contributed by atoms with Gasteiger partial charge in [0.05, 0.1) is 18.3 Å². The van der Waals surface area contributed by atoms with E-state index >= 15 is 0 Å². The average Bonchev–Trinajstić information content (AvgIpc) is 3.07. The molecular weight excluding hydrogens is 688 g/mol. The minimum Gasteiger partial charge on any atom is -0.457 e. The molecule has 3 heterocycles. The number of aliphatic hydroxyl groups excluding tert-OH is 4. The zero-order chi connectivity index (χ0) is 38.5. The average molecular weight is 751 g/mol. The largest absolute Gasteiger partial charge is 0.457 e. The van der Waals surface area contributed by atoms with E-state index in [-0.39, 0.29) is 0 Å². The summed E-state index contributed by atoms with van der Waals surface area (Å²) in [5, 5.41) is 44.6. The van der Waals surface area contributed by atoms with Gasteiger partial charge in [0.15, 0.2) is 37.2 Å². The van der Waals surface area contributed by atoms with Gasteiger partial charge in [0, 0.05) is 27.4 Å². The summed E-state index contributed by atoms with van der Waals surface area (Å²) >= 11 is 0. The second-order valence-electron chi connectivity index (χ2n) is 14.1. The van der Waals surface area contributed by atoms with Crippen LogP contribution in [0, 0.1) is 0 Å². The van der Waals surface area contributed by atoms with Crippen molar-refractivity contribution in [2.45, 2.75) is 205 Å². The topological polar surface area (TPSA) is 215 Å². The SMILES string of the molecule is CCCCCCCCCCCCO[C@@H]1O[C@@H](C)[C@H](O[C@@H]2O[C@@H](C)[C@H](OC(C)=O)[C@@H](O[C@@H]3O[C@@H](C)[C@H](OC(C)=O)[C@@H](O)[C@H]3OC(C)=O)[C@H]2O)[C@@H](O)[C@H]1O. The van der Waals surface area contributed by atoms with Crippen molar-refractivity contribution in [1.82, 2.24) is 0 Å². The van der Waals surface area contributed by atoms with E-state index < -0.39 is 110 Å². The molecule has 0 aromatic carbocycles. The van der Waals surface area contributed by atoms with Gasteiger partial charge in [-0.2, -0.15) is 0 Å². The molecule has 3 fully saturated rings. The van der Waals surface area contributed by atoms with Crippen LogP contribution in [-0.4, -0.2) is 137 Å². The number of hydrogen-bond donors (Lipinski definition) is 4. The maximum absolute atomic E-state index is 12.1. The van der Waals surface area contributed by atoms with E-state index in [0.717, 1.165) is 40.0 Å². The number of carbonyl (C=O) groups is 3. The Bertz CT molecular complexity index is 1090. The smallest absolute Gasteiger partial charge is 0.303 e. The molecule has 4 N–H and O–H groups in total. The van der Waals surface area contributed by atoms with Crippen LogP contribution in [0.4, 0.5) is 0 Å². The summed E-state index contributed by atoms with van der Waals surface area (Å²) in [5.74, 6) is -2.23. The second-order valence-corrected chi connectivity index (χ2v) is 14.1. The van der Waals surface area contributed by atoms with Crippen LogP contribution < -0.4 is 0 Å². The van der Waals surface area contributed by atoms with E-state index in [1.807, 2.05) is 0 Å². The molecule has 0 aromatic rings. The fourth-order valence-corrected chi connectivity index (χ4v) is 6.82. The molecule has 16 nitrogen and oxygen atoms in total. The van der Waals surface area contributed by atoms with Gasteiger partial charge in [-0.3, -0.25) is 14.4 Å². The van der Waals surface area contributed by atoms with Gasteiger partial charge in [-0.25, -0.2) is 0 Å². The molecule has 52 heavy (non-hydrogen) atoms. The summed E-state index contributed by atoms with van der Waals surface area (Å²) in [4.78, 5) is 35.8. The van der Waals surface area contributed by atoms with Crippen LogP contribution in [0.1, 0.15) is 113 Å². The Labute approximate surface area is 306 Å². The van der Waals surface area contributed by atoms with Gasteiger partial charge in [-0.15, -0.1) is 0 Å². The molecule has 3 aliphatic heterocycles. The number of hydrogen-bond acceptors (Lipinski definition) is 16. The summed E-state index contributed by atoms with van der Waals surface area (Å²) in [6, 6.07) is 0. The van der Waals surface area contributed by atoms with Gasteiger partial charge >= 0.3 is 17.9 Å². The van der Waals surface area contributed by atoms with Crippen molar-refractivity contribution in [1.29, 1.82) is 0 Å². The summed E-state index contributed by atoms with van der Waals surface area (Å²) < 4.78 is 51.5. The maximum atomic E-state index is 12.1. The van der Waals surface area contributed by atoms with Crippen molar-refractivity contribution in [3.63, 3.8) is 0 Å². The first-order valence-electron chi connectivity index (χ1n) is 18.8. The Kier molecular flexibility index (Phi) is 18.6. The molecule has 3 aliphatic rings. The maximum Gasteiger partial charge on any atom is 0.303 e. The molecule has 0 aliphatic carbocycles. The van der Waals surface area contributed by atoms with Crippen LogP contribution in [0.5, 0.6) is 0 Å². The quantitative estimate of drug-likeness (QED) is 0.0846. The summed E-state index contributed by atoms with van der Waals surface area (Å²) in [6.07, 6.45) is -8.21. The highest BCUT2D eigenvalue weighted by Gasteiger charge is 2.55. The van der Waals surface area contributed by atoms with E-state index in [1.165, 1.54) is 58.8 Å². The van der Waals surface area contributed by atoms with Crippen molar-refractivity contribution in [2.75, 3.05) is 6.61 Å². The number of rotatable bonds is 19. The Morgan fingerprint density at radius 3 is 1.50 bits per heavy atom. The molecule has 0 bridgehead atoms. The van der Waals surface area contributed by atoms with Gasteiger partial charge in [0.25, 0.3) is 0 Å². The van der Waals surface area contributed by atoms with Crippen LogP contribution in [0.25, 0.3) is 0 Å². The van der Waals surface area contributed by atoms with Crippen molar-refractivity contribution in [2.24, 2.45) is 0 Å². The molecule has 15 atom stereocenters. The van der Waals surface area contributed by atoms with Gasteiger partial charge in [-0.05, 0) is 27.2 Å². The first-order valence-corrected chi connectivity index (χ1v) is 18.8. The lowest BCUT2D eigenvalue weighted by atomic mass is 9.96. The molecule has 0 aromatic heterocycles. The predicted octanol–water partition coefficient (Wildman–Crippen LogP) is 2.17. The first kappa shape index (κ1) is 44.4. The van der Waals surface area contributed by atoms with E-state index in [9.17, 15) is 34.8 Å². The Morgan fingerprint density at radius 2 is 0.923 bits per heavy atom. The second kappa shape index (κ2) is 21.8. The normalized spacial score (nSPS) is 38.0. The van der Waals surface area contributed by atoms with E-state index in [4.69, 9.17) is 42.6 Å². The van der Waals surface area contributed by atoms with E-state index in [0.29, 0.717) is 6.61 Å². The van der Waals surface area contributed by atoms with Crippen LogP contribution in [0.3, 0.4) is 0 Å². The van der Waals surface area contributed by atoms with Crippen LogP contribution >= 0.6 is 0 Å². The third kappa shape index (κ3) is 12.8. The molecule has 0 unspecified atom stereocenters. The molecule has 16 heteroatoms. The van der Waals surface area contributed by atoms with Crippen molar-refractivity contribution < 1.29 is 77.4 Å². The van der Waals surface area contributed by atoms with Crippen molar-refractivity contribution in [3.05, 3.63) is 0 Å². The lowest BCUT2D eigenvalue weighted by molar-refractivity contribution is -0.374. The zero-order valence-electron chi connectivity index (χ0n) is 31.6. The summed E-state index contributed by atoms with van der Waals surface area (Å²) in [7, 11) is 0. The van der Waals surface area contributed by atoms with Gasteiger partial charge in [-0.1, -0.05) is 64.7 Å². The number of carbonyl (C=O) groups excluding carboxylic acids is 3. The lowest BCUT2D eigenvalue weighted by Crippen LogP contribution is -2.66. The van der Waals surface area contributed by atoms with E-state index in [1.54, 1.807) is 6.92 Å². The van der Waals surface area contributed by atoms with Crippen molar-refractivity contribution in [3.8, 4) is 0 Å². The van der Waals surface area contributed by atoms with Gasteiger partial charge in [0.1, 0.15) is 36.6 Å². The number of ether oxygens (including phenoxy) is 9. The molecule has 3 saturated heterocycles. The zero-order valence-corrected chi connectivity index (χ0v) is 31.6. The fourth-order valence-electron chi connectivity index (χ4n) is 6.82. The Balaban J connectivity index is 1.63. The minimum atomic E-state index is -1.72. The summed E-state index contributed by atoms with van der Waals surface area (Å²) in [6.45, 7) is 10.6. The molecule has 302 valence electrons. The number of esters is 3. The Morgan fingerprint density at radius 1 is 0.481 bits per heavy atom. The number of unbranched alkanes of at least 4 members (excludes halogenated alkanes) is 9. The monoisotopic (exact) mass is 750 g/mol. The van der Waals surface area contributed by atoms with Crippen molar-refractivity contribution >= 4 is 17.9 Å². The van der Waals surface area contributed by atoms with Crippen LogP contribution in [0.2, 0.25) is 0 Å². The first-order chi connectivity index (χ1) is 24.7. The standard InChI is InChI=1S/C36H62O16/c1-8-9-10-11-12-13-14-15-16-17-18-44-34-26(41)25(40)29(19(2)45-34)51-35-28(43)32(31(21(4)46-35)49-23(6)38)52-36-33(50-24(7)39)27(42)30(20(3)47-36)48-22(5)37/h19-21,25-36,40-43H,8-18H2,1-7H3/t19-,20-,21-,25-,26+,27+,28+,29-,30-,31-,32-,33+,34+,35-,36-/m0/s1. The highest BCUT2D eigenvalue weighted by atomic mass is 16.8. The minimum absolute atomic E-state index is 0.341. The van der Waals surface area contributed by atoms with Gasteiger partial charge in [0.2, 0.25) is 0 Å². The molecule has 3 rings (SSSR count). The molecule has 0 radical (unpaired) electrons. The molecule has 0 spiro atoms. The lowest BCUT2D eigenvalue weighted by Gasteiger charge is -2.48. The molecular formula is C36H62O16. The highest BCUT2D eigenvalue weighted by Crippen LogP contribution is 2.35. The summed E-state index contributed by atoms with van der Waals surface area (Å²) in [5.41, 5.74) is 0. The highest BCUT2D eigenvalue weighted by molar-refractivity contribution is 5.67. The van der Waals surface area contributed by atoms with Crippen LogP contribution in [0.15, 0.2) is 0 Å². The third-order valence-electron chi connectivity index (χ3n) is 9.55. The third-order valence-corrected chi connectivity index (χ3v) is 9.55. The van der Waals surface area contributed by atoms with Crippen LogP contribution in [-0.2, 0) is 57.0 Å². The Hall–Kier alpha value is -1.99. The predicted molar refractivity (Wildman–Crippen MR) is 181 cm³/mol. The van der Waals surface area contributed by atoms with E-state index in [2.05, 4.69) is 6.92 Å². The fraction of sp³-hybridized carbons (Fsp3) is 0.917. The van der Waals surface area contributed by atoms with Gasteiger partial charge < -0.3 is 63.1 Å². The number of aliphatic hydroxyl groups is 4.